The number of nitrogens with two attached hydrogens (primary N) is 1. The van der Waals surface area contributed by atoms with E-state index in [1.54, 1.807) is 18.2 Å². The summed E-state index contributed by atoms with van der Waals surface area (Å²) in [6.07, 6.45) is 6.73. The second kappa shape index (κ2) is 9.89. The van der Waals surface area contributed by atoms with Gasteiger partial charge < -0.3 is 24.7 Å². The molecule has 6 rings (SSSR count). The third-order valence-corrected chi connectivity index (χ3v) is 8.46. The highest BCUT2D eigenvalue weighted by Crippen LogP contribution is 2.44. The fourth-order valence-corrected chi connectivity index (χ4v) is 6.34. The average molecular weight is 512 g/mol. The minimum absolute atomic E-state index is 0.00280. The molecular weight excluding hydrogens is 481 g/mol. The number of ether oxygens (including phenoxy) is 2. The average Bonchev–Trinajstić information content (AvgIpc) is 3.52. The van der Waals surface area contributed by atoms with E-state index in [9.17, 15) is 4.79 Å². The number of hydrogen-bond acceptors (Lipinski definition) is 7. The van der Waals surface area contributed by atoms with Crippen LogP contribution >= 0.6 is 11.8 Å². The molecule has 1 amide bonds. The van der Waals surface area contributed by atoms with Gasteiger partial charge in [-0.3, -0.25) is 4.79 Å². The van der Waals surface area contributed by atoms with Crippen molar-refractivity contribution in [2.75, 3.05) is 43.5 Å². The number of carbonyl (C=O) groups excluding carboxylic acids is 1. The first kappa shape index (κ1) is 23.5. The largest absolute Gasteiger partial charge is 0.488 e. The number of thioether (sulfide) groups is 1. The van der Waals surface area contributed by atoms with Crippen molar-refractivity contribution in [3.8, 4) is 16.9 Å². The van der Waals surface area contributed by atoms with Crippen molar-refractivity contribution in [3.05, 3.63) is 36.5 Å². The second-order valence-electron chi connectivity index (χ2n) is 9.73. The Labute approximate surface area is 213 Å². The summed E-state index contributed by atoms with van der Waals surface area (Å²) < 4.78 is 29.1. The van der Waals surface area contributed by atoms with Crippen molar-refractivity contribution in [3.63, 3.8) is 0 Å². The van der Waals surface area contributed by atoms with E-state index in [-0.39, 0.29) is 29.7 Å². The van der Waals surface area contributed by atoms with E-state index < -0.39 is 5.82 Å². The van der Waals surface area contributed by atoms with Crippen LogP contribution in [-0.4, -0.2) is 69.3 Å². The van der Waals surface area contributed by atoms with E-state index in [0.717, 1.165) is 56.9 Å². The maximum absolute atomic E-state index is 15.7. The van der Waals surface area contributed by atoms with Crippen LogP contribution in [0.15, 0.2) is 30.7 Å². The molecule has 190 valence electrons. The maximum atomic E-state index is 15.7. The lowest BCUT2D eigenvalue weighted by molar-refractivity contribution is -0.139. The summed E-state index contributed by atoms with van der Waals surface area (Å²) >= 11 is 1.90. The van der Waals surface area contributed by atoms with Gasteiger partial charge in [0.15, 0.2) is 11.6 Å². The summed E-state index contributed by atoms with van der Waals surface area (Å²) in [6, 6.07) is 5.24. The number of nitrogens with zero attached hydrogens (tertiary/aromatic N) is 4. The fourth-order valence-electron chi connectivity index (χ4n) is 5.44. The molecule has 2 N–H and O–H groups in total. The lowest BCUT2D eigenvalue weighted by Crippen LogP contribution is -2.45. The predicted molar refractivity (Wildman–Crippen MR) is 137 cm³/mol. The molecule has 1 aliphatic carbocycles. The summed E-state index contributed by atoms with van der Waals surface area (Å²) in [7, 11) is 0. The lowest BCUT2D eigenvalue weighted by atomic mass is 9.79. The first-order chi connectivity index (χ1) is 17.6. The number of fused-ring (bicyclic) bond motifs is 1. The van der Waals surface area contributed by atoms with Gasteiger partial charge in [0.1, 0.15) is 24.4 Å². The van der Waals surface area contributed by atoms with E-state index in [1.165, 1.54) is 6.33 Å². The van der Waals surface area contributed by atoms with E-state index >= 15 is 4.39 Å². The molecule has 3 fully saturated rings. The van der Waals surface area contributed by atoms with Gasteiger partial charge in [0.25, 0.3) is 0 Å². The Balaban J connectivity index is 1.27. The van der Waals surface area contributed by atoms with Crippen LogP contribution in [0.2, 0.25) is 0 Å². The van der Waals surface area contributed by atoms with Gasteiger partial charge in [-0.15, -0.1) is 0 Å². The molecule has 3 aliphatic rings. The maximum Gasteiger partial charge on any atom is 0.225 e. The van der Waals surface area contributed by atoms with Crippen LogP contribution in [0.5, 0.6) is 5.75 Å². The van der Waals surface area contributed by atoms with Crippen LogP contribution in [0.3, 0.4) is 0 Å². The van der Waals surface area contributed by atoms with Crippen LogP contribution in [0.25, 0.3) is 22.2 Å². The molecule has 2 saturated heterocycles. The Morgan fingerprint density at radius 2 is 2.06 bits per heavy atom. The molecule has 1 saturated carbocycles. The van der Waals surface area contributed by atoms with Crippen molar-refractivity contribution in [2.24, 2.45) is 5.92 Å². The highest BCUT2D eigenvalue weighted by Gasteiger charge is 2.39. The molecule has 0 radical (unpaired) electrons. The van der Waals surface area contributed by atoms with Crippen LogP contribution in [0, 0.1) is 11.7 Å². The Morgan fingerprint density at radius 3 is 2.83 bits per heavy atom. The quantitative estimate of drug-likeness (QED) is 0.536. The first-order valence-electron chi connectivity index (χ1n) is 12.6. The zero-order valence-electron chi connectivity index (χ0n) is 20.1. The summed E-state index contributed by atoms with van der Waals surface area (Å²) in [6.45, 7) is 2.70. The van der Waals surface area contributed by atoms with Crippen LogP contribution < -0.4 is 10.5 Å². The highest BCUT2D eigenvalue weighted by atomic mass is 32.2. The zero-order valence-corrected chi connectivity index (χ0v) is 20.9. The van der Waals surface area contributed by atoms with Gasteiger partial charge >= 0.3 is 0 Å². The molecule has 36 heavy (non-hydrogen) atoms. The van der Waals surface area contributed by atoms with Crippen LogP contribution in [0.1, 0.15) is 31.7 Å². The molecule has 0 unspecified atom stereocenters. The number of hydrogen-bond donors (Lipinski definition) is 1. The van der Waals surface area contributed by atoms with E-state index in [0.29, 0.717) is 34.6 Å². The Kier molecular flexibility index (Phi) is 6.47. The molecule has 2 aromatic heterocycles. The monoisotopic (exact) mass is 511 g/mol. The topological polar surface area (TPSA) is 95.5 Å². The zero-order chi connectivity index (χ0) is 24.6. The summed E-state index contributed by atoms with van der Waals surface area (Å²) in [5.41, 5.74) is 7.95. The third-order valence-electron chi connectivity index (χ3n) is 7.52. The molecule has 3 aromatic rings. The molecule has 10 heteroatoms. The number of carbonyl (C=O) groups is 1. The summed E-state index contributed by atoms with van der Waals surface area (Å²) in [5, 5.41) is 0.621. The van der Waals surface area contributed by atoms with Crippen LogP contribution in [-0.2, 0) is 9.53 Å². The standard InChI is InChI=1S/C26H30FN5O3S/c27-23-19(4-1-5-21(23)35-14-18-3-2-8-34-18)20-13-32(25-22(20)24(28)29-15-30-25)17-11-16(12-17)26(33)31-6-9-36-10-7-31/h1,4-5,13,15-18H,2-3,6-12,14H2,(H2,28,29,30)/t16-,17+,18-/m0/s1. The number of amides is 1. The summed E-state index contributed by atoms with van der Waals surface area (Å²) in [4.78, 5) is 23.6. The number of halogens is 1. The summed E-state index contributed by atoms with van der Waals surface area (Å²) in [5.74, 6) is 2.33. The first-order valence-corrected chi connectivity index (χ1v) is 13.8. The number of aromatic nitrogens is 3. The Hall–Kier alpha value is -2.85. The molecule has 2 aliphatic heterocycles. The molecule has 8 nitrogen and oxygen atoms in total. The lowest BCUT2D eigenvalue weighted by Gasteiger charge is -2.39. The van der Waals surface area contributed by atoms with Crippen molar-refractivity contribution >= 4 is 34.5 Å². The van der Waals surface area contributed by atoms with E-state index in [1.807, 2.05) is 27.4 Å². The number of nitrogen functional groups attached to an aromatic ring is 1. The molecule has 1 aromatic carbocycles. The highest BCUT2D eigenvalue weighted by molar-refractivity contribution is 7.99. The van der Waals surface area contributed by atoms with E-state index in [4.69, 9.17) is 15.2 Å². The smallest absolute Gasteiger partial charge is 0.225 e. The van der Waals surface area contributed by atoms with Crippen LogP contribution in [0.4, 0.5) is 10.2 Å². The fraction of sp³-hybridized carbons (Fsp3) is 0.500. The van der Waals surface area contributed by atoms with Gasteiger partial charge in [-0.2, -0.15) is 11.8 Å². The Morgan fingerprint density at radius 1 is 1.22 bits per heavy atom. The van der Waals surface area contributed by atoms with Gasteiger partial charge in [-0.25, -0.2) is 14.4 Å². The predicted octanol–water partition coefficient (Wildman–Crippen LogP) is 3.90. The van der Waals surface area contributed by atoms with Crippen molar-refractivity contribution in [1.82, 2.24) is 19.4 Å². The molecule has 0 spiro atoms. The minimum atomic E-state index is -0.442. The van der Waals surface area contributed by atoms with Crippen molar-refractivity contribution in [1.29, 1.82) is 0 Å². The third kappa shape index (κ3) is 4.30. The molecule has 0 bridgehead atoms. The second-order valence-corrected chi connectivity index (χ2v) is 11.0. The minimum Gasteiger partial charge on any atom is -0.488 e. The number of anilines is 1. The molecule has 1 atom stereocenters. The normalized spacial score (nSPS) is 24.1. The van der Waals surface area contributed by atoms with Gasteiger partial charge in [-0.05, 0) is 31.7 Å². The van der Waals surface area contributed by atoms with Crippen molar-refractivity contribution < 1.29 is 18.7 Å². The van der Waals surface area contributed by atoms with Crippen molar-refractivity contribution in [2.45, 2.75) is 37.8 Å². The van der Waals surface area contributed by atoms with Gasteiger partial charge in [0.05, 0.1) is 11.5 Å². The van der Waals surface area contributed by atoms with E-state index in [2.05, 4.69) is 9.97 Å². The number of benzene rings is 1. The Bertz CT molecular complexity index is 1270. The van der Waals surface area contributed by atoms with Gasteiger partial charge in [-0.1, -0.05) is 12.1 Å². The molecule has 4 heterocycles. The number of rotatable bonds is 6. The SMILES string of the molecule is Nc1ncnc2c1c(-c1cccc(OC[C@@H]3CCCO3)c1F)cn2[C@H]1C[C@@H](C(=O)N2CCSCC2)C1. The van der Waals surface area contributed by atoms with Gasteiger partial charge in [0.2, 0.25) is 5.91 Å². The van der Waals surface area contributed by atoms with Gasteiger partial charge in [0, 0.05) is 60.5 Å². The molecular formula is C26H30FN5O3S.